The molecule has 0 saturated heterocycles. The second kappa shape index (κ2) is 9.04. The molecule has 1 heterocycles. The fourth-order valence-corrected chi connectivity index (χ4v) is 4.10. The van der Waals surface area contributed by atoms with Crippen molar-refractivity contribution >= 4 is 62.0 Å². The third kappa shape index (κ3) is 4.59. The van der Waals surface area contributed by atoms with E-state index in [4.69, 9.17) is 27.6 Å². The van der Waals surface area contributed by atoms with Gasteiger partial charge in [-0.3, -0.25) is 4.79 Å². The molecule has 4 aromatic rings. The predicted molar refractivity (Wildman–Crippen MR) is 125 cm³/mol. The topological polar surface area (TPSA) is 54.6 Å². The highest BCUT2D eigenvalue weighted by molar-refractivity contribution is 9.10. The first-order valence-corrected chi connectivity index (χ1v) is 10.6. The van der Waals surface area contributed by atoms with Crippen LogP contribution in [-0.4, -0.2) is 12.1 Å². The molecule has 1 aromatic heterocycles. The average molecular weight is 502 g/mol. The van der Waals surface area contributed by atoms with Crippen LogP contribution in [0.15, 0.2) is 80.7 Å². The summed E-state index contributed by atoms with van der Waals surface area (Å²) in [6, 6.07) is 20.5. The zero-order chi connectivity index (χ0) is 21.1. The van der Waals surface area contributed by atoms with E-state index in [9.17, 15) is 4.79 Å². The van der Waals surface area contributed by atoms with E-state index in [1.165, 1.54) is 6.21 Å². The van der Waals surface area contributed by atoms with Crippen molar-refractivity contribution in [3.05, 3.63) is 92.6 Å². The van der Waals surface area contributed by atoms with Crippen LogP contribution in [0.4, 0.5) is 0 Å². The maximum atomic E-state index is 12.3. The first-order valence-electron chi connectivity index (χ1n) is 9.04. The second-order valence-corrected chi connectivity index (χ2v) is 8.25. The Morgan fingerprint density at radius 2 is 1.83 bits per heavy atom. The summed E-state index contributed by atoms with van der Waals surface area (Å²) in [4.78, 5) is 12.3. The van der Waals surface area contributed by atoms with Gasteiger partial charge in [-0.05, 0) is 52.7 Å². The van der Waals surface area contributed by atoms with E-state index in [1.54, 1.807) is 30.3 Å². The van der Waals surface area contributed by atoms with Crippen LogP contribution >= 0.6 is 39.1 Å². The van der Waals surface area contributed by atoms with Gasteiger partial charge < -0.3 is 4.42 Å². The van der Waals surface area contributed by atoms with E-state index in [2.05, 4.69) is 26.5 Å². The van der Waals surface area contributed by atoms with Crippen molar-refractivity contribution in [3.8, 4) is 11.3 Å². The van der Waals surface area contributed by atoms with Crippen molar-refractivity contribution in [1.29, 1.82) is 0 Å². The van der Waals surface area contributed by atoms with Crippen LogP contribution in [0.3, 0.4) is 0 Å². The largest absolute Gasteiger partial charge is 0.455 e. The summed E-state index contributed by atoms with van der Waals surface area (Å²) < 4.78 is 6.72. The maximum Gasteiger partial charge on any atom is 0.244 e. The highest BCUT2D eigenvalue weighted by atomic mass is 79.9. The lowest BCUT2D eigenvalue weighted by atomic mass is 10.0. The van der Waals surface area contributed by atoms with Gasteiger partial charge in [-0.15, -0.1) is 0 Å². The number of rotatable bonds is 5. The molecule has 0 aliphatic rings. The molecule has 7 heteroatoms. The Morgan fingerprint density at radius 3 is 2.63 bits per heavy atom. The molecule has 0 aliphatic carbocycles. The van der Waals surface area contributed by atoms with Crippen LogP contribution in [-0.2, 0) is 11.2 Å². The first kappa shape index (κ1) is 20.7. The molecule has 4 rings (SSSR count). The van der Waals surface area contributed by atoms with Gasteiger partial charge in [0.2, 0.25) is 5.91 Å². The zero-order valence-electron chi connectivity index (χ0n) is 15.5. The minimum absolute atomic E-state index is 0.216. The third-order valence-corrected chi connectivity index (χ3v) is 5.76. The first-order chi connectivity index (χ1) is 14.5. The standard InChI is InChI=1S/C23H15BrCl2N2O2/c24-20-9-5-14(17-3-1-2-4-18(17)20)11-23(29)28-27-13-16-7-10-22(30-16)19-8-6-15(25)12-21(19)26/h1-10,12-13H,11H2,(H,28,29). The van der Waals surface area contributed by atoms with Crippen molar-refractivity contribution in [2.24, 2.45) is 5.10 Å². The van der Waals surface area contributed by atoms with E-state index < -0.39 is 0 Å². The Morgan fingerprint density at radius 1 is 1.03 bits per heavy atom. The van der Waals surface area contributed by atoms with Crippen LogP contribution in [0, 0.1) is 0 Å². The predicted octanol–water partition coefficient (Wildman–Crippen LogP) is 6.86. The van der Waals surface area contributed by atoms with Crippen molar-refractivity contribution in [3.63, 3.8) is 0 Å². The summed E-state index contributed by atoms with van der Waals surface area (Å²) >= 11 is 15.7. The van der Waals surface area contributed by atoms with Gasteiger partial charge >= 0.3 is 0 Å². The Hall–Kier alpha value is -2.60. The minimum atomic E-state index is -0.216. The van der Waals surface area contributed by atoms with E-state index >= 15 is 0 Å². The summed E-state index contributed by atoms with van der Waals surface area (Å²) in [6.07, 6.45) is 1.67. The number of hydrogen-bond acceptors (Lipinski definition) is 3. The van der Waals surface area contributed by atoms with Crippen LogP contribution in [0.2, 0.25) is 10.0 Å². The molecule has 0 unspecified atom stereocenters. The normalized spacial score (nSPS) is 11.3. The Labute approximate surface area is 191 Å². The molecular weight excluding hydrogens is 487 g/mol. The van der Waals surface area contributed by atoms with Gasteiger partial charge in [-0.1, -0.05) is 69.5 Å². The monoisotopic (exact) mass is 500 g/mol. The number of carbonyl (C=O) groups is 1. The van der Waals surface area contributed by atoms with Crippen LogP contribution < -0.4 is 5.43 Å². The molecule has 0 fully saturated rings. The van der Waals surface area contributed by atoms with E-state index in [-0.39, 0.29) is 12.3 Å². The fraction of sp³-hybridized carbons (Fsp3) is 0.0435. The Kier molecular flexibility index (Phi) is 6.23. The molecule has 0 aliphatic heterocycles. The molecule has 1 amide bonds. The lowest BCUT2D eigenvalue weighted by Crippen LogP contribution is -2.19. The van der Waals surface area contributed by atoms with Crippen molar-refractivity contribution in [2.75, 3.05) is 0 Å². The van der Waals surface area contributed by atoms with E-state index in [1.807, 2.05) is 36.4 Å². The SMILES string of the molecule is O=C(Cc1ccc(Br)c2ccccc12)NN=Cc1ccc(-c2ccc(Cl)cc2Cl)o1. The molecule has 0 saturated carbocycles. The Bertz CT molecular complexity index is 1270. The zero-order valence-corrected chi connectivity index (χ0v) is 18.6. The molecule has 0 bridgehead atoms. The van der Waals surface area contributed by atoms with Gasteiger partial charge in [0.15, 0.2) is 0 Å². The van der Waals surface area contributed by atoms with E-state index in [0.29, 0.717) is 21.6 Å². The van der Waals surface area contributed by atoms with Crippen molar-refractivity contribution in [1.82, 2.24) is 5.43 Å². The van der Waals surface area contributed by atoms with Gasteiger partial charge in [0, 0.05) is 15.1 Å². The average Bonchev–Trinajstić information content (AvgIpc) is 3.19. The number of halogens is 3. The lowest BCUT2D eigenvalue weighted by molar-refractivity contribution is -0.120. The quantitative estimate of drug-likeness (QED) is 0.240. The molecule has 0 atom stereocenters. The van der Waals surface area contributed by atoms with Crippen LogP contribution in [0.25, 0.3) is 22.1 Å². The molecule has 4 nitrogen and oxygen atoms in total. The van der Waals surface area contributed by atoms with Crippen LogP contribution in [0.5, 0.6) is 0 Å². The molecule has 150 valence electrons. The smallest absolute Gasteiger partial charge is 0.244 e. The number of carbonyl (C=O) groups excluding carboxylic acids is 1. The number of furan rings is 1. The molecule has 30 heavy (non-hydrogen) atoms. The number of hydrazone groups is 1. The molecule has 0 radical (unpaired) electrons. The van der Waals surface area contributed by atoms with Gasteiger partial charge in [0.1, 0.15) is 11.5 Å². The lowest BCUT2D eigenvalue weighted by Gasteiger charge is -2.07. The van der Waals surface area contributed by atoms with Crippen molar-refractivity contribution < 1.29 is 9.21 Å². The number of fused-ring (bicyclic) bond motifs is 1. The Balaban J connectivity index is 1.43. The minimum Gasteiger partial charge on any atom is -0.455 e. The van der Waals surface area contributed by atoms with Gasteiger partial charge in [-0.25, -0.2) is 5.43 Å². The number of nitrogens with zero attached hydrogens (tertiary/aromatic N) is 1. The van der Waals surface area contributed by atoms with Crippen LogP contribution in [0.1, 0.15) is 11.3 Å². The summed E-state index contributed by atoms with van der Waals surface area (Å²) in [5, 5.41) is 7.14. The number of benzene rings is 3. The fourth-order valence-electron chi connectivity index (χ4n) is 3.12. The second-order valence-electron chi connectivity index (χ2n) is 6.55. The van der Waals surface area contributed by atoms with Gasteiger partial charge in [0.25, 0.3) is 0 Å². The number of hydrogen-bond donors (Lipinski definition) is 1. The highest BCUT2D eigenvalue weighted by Gasteiger charge is 2.10. The van der Waals surface area contributed by atoms with E-state index in [0.717, 1.165) is 26.4 Å². The summed E-state index contributed by atoms with van der Waals surface area (Å²) in [5.74, 6) is 0.863. The molecule has 1 N–H and O–H groups in total. The molecule has 0 spiro atoms. The number of amides is 1. The summed E-state index contributed by atoms with van der Waals surface area (Å²) in [5.41, 5.74) is 4.20. The summed E-state index contributed by atoms with van der Waals surface area (Å²) in [6.45, 7) is 0. The summed E-state index contributed by atoms with van der Waals surface area (Å²) in [7, 11) is 0. The van der Waals surface area contributed by atoms with Gasteiger partial charge in [0.05, 0.1) is 17.7 Å². The maximum absolute atomic E-state index is 12.3. The number of nitrogens with one attached hydrogen (secondary N) is 1. The molecular formula is C23H15BrCl2N2O2. The molecule has 3 aromatic carbocycles. The van der Waals surface area contributed by atoms with Gasteiger partial charge in [-0.2, -0.15) is 5.10 Å². The highest BCUT2D eigenvalue weighted by Crippen LogP contribution is 2.31. The third-order valence-electron chi connectivity index (χ3n) is 4.52. The van der Waals surface area contributed by atoms with Crippen molar-refractivity contribution in [2.45, 2.75) is 6.42 Å².